The highest BCUT2D eigenvalue weighted by Crippen LogP contribution is 2.20. The topological polar surface area (TPSA) is 55.4 Å². The van der Waals surface area contributed by atoms with Crippen molar-refractivity contribution in [3.05, 3.63) is 65.7 Å². The maximum absolute atomic E-state index is 12.6. The van der Waals surface area contributed by atoms with Gasteiger partial charge < -0.3 is 10.1 Å². The Morgan fingerprint density at radius 1 is 1.10 bits per heavy atom. The summed E-state index contributed by atoms with van der Waals surface area (Å²) in [6.07, 6.45) is 4.21. The van der Waals surface area contributed by atoms with E-state index in [4.69, 9.17) is 4.74 Å². The Bertz CT molecular complexity index is 803. The lowest BCUT2D eigenvalue weighted by atomic mass is 9.98. The summed E-state index contributed by atoms with van der Waals surface area (Å²) in [7, 11) is -0.901. The van der Waals surface area contributed by atoms with E-state index in [9.17, 15) is 9.00 Å². The lowest BCUT2D eigenvalue weighted by Crippen LogP contribution is -2.25. The number of hydrogen-bond acceptors (Lipinski definition) is 3. The molecule has 2 aromatic carbocycles. The molecule has 1 heterocycles. The second-order valence-electron chi connectivity index (χ2n) is 7.92. The number of aryl methyl sites for hydroxylation is 1. The van der Waals surface area contributed by atoms with Crippen LogP contribution in [-0.4, -0.2) is 28.6 Å². The average Bonchev–Trinajstić information content (AvgIpc) is 2.74. The van der Waals surface area contributed by atoms with E-state index >= 15 is 0 Å². The van der Waals surface area contributed by atoms with Crippen LogP contribution >= 0.6 is 0 Å². The van der Waals surface area contributed by atoms with Crippen LogP contribution in [-0.2, 0) is 32.5 Å². The molecule has 1 N–H and O–H groups in total. The van der Waals surface area contributed by atoms with Crippen molar-refractivity contribution in [3.63, 3.8) is 0 Å². The summed E-state index contributed by atoms with van der Waals surface area (Å²) in [4.78, 5) is 12.4. The van der Waals surface area contributed by atoms with Crippen LogP contribution in [0.1, 0.15) is 43.7 Å². The van der Waals surface area contributed by atoms with Crippen LogP contribution in [0.15, 0.2) is 54.6 Å². The minimum Gasteiger partial charge on any atom is -0.381 e. The van der Waals surface area contributed by atoms with Crippen LogP contribution in [0.4, 0.5) is 5.69 Å². The Labute approximate surface area is 176 Å². The molecule has 0 aliphatic carbocycles. The summed E-state index contributed by atoms with van der Waals surface area (Å²) in [6.45, 7) is 3.53. The van der Waals surface area contributed by atoms with Gasteiger partial charge in [0.15, 0.2) is 0 Å². The normalized spacial score (nSPS) is 16.9. The molecule has 0 bridgehead atoms. The number of benzene rings is 2. The van der Waals surface area contributed by atoms with Crippen molar-refractivity contribution in [2.45, 2.75) is 50.0 Å². The van der Waals surface area contributed by atoms with Gasteiger partial charge in [-0.25, -0.2) is 0 Å². The predicted molar refractivity (Wildman–Crippen MR) is 119 cm³/mol. The van der Waals surface area contributed by atoms with Gasteiger partial charge in [0.05, 0.1) is 0 Å². The predicted octanol–water partition coefficient (Wildman–Crippen LogP) is 4.71. The summed E-state index contributed by atoms with van der Waals surface area (Å²) in [6, 6.07) is 18.1. The van der Waals surface area contributed by atoms with Gasteiger partial charge in [-0.05, 0) is 54.9 Å². The Morgan fingerprint density at radius 3 is 2.59 bits per heavy atom. The third kappa shape index (κ3) is 7.41. The first-order valence-corrected chi connectivity index (χ1v) is 11.9. The maximum atomic E-state index is 12.6. The fourth-order valence-electron chi connectivity index (χ4n) is 3.65. The fraction of sp³-hybridized carbons (Fsp3) is 0.458. The fourth-order valence-corrected chi connectivity index (χ4v) is 5.11. The van der Waals surface area contributed by atoms with Gasteiger partial charge in [-0.2, -0.15) is 0 Å². The molecule has 156 valence electrons. The van der Waals surface area contributed by atoms with Gasteiger partial charge in [-0.15, -0.1) is 0 Å². The van der Waals surface area contributed by atoms with Crippen LogP contribution in [0, 0.1) is 5.92 Å². The Morgan fingerprint density at radius 2 is 1.83 bits per heavy atom. The van der Waals surface area contributed by atoms with Crippen molar-refractivity contribution in [2.24, 2.45) is 5.92 Å². The lowest BCUT2D eigenvalue weighted by Gasteiger charge is -2.21. The first-order chi connectivity index (χ1) is 14.1. The zero-order valence-corrected chi connectivity index (χ0v) is 18.0. The van der Waals surface area contributed by atoms with Gasteiger partial charge in [-0.1, -0.05) is 49.4 Å². The van der Waals surface area contributed by atoms with Crippen molar-refractivity contribution in [1.29, 1.82) is 0 Å². The van der Waals surface area contributed by atoms with Gasteiger partial charge in [0.25, 0.3) is 0 Å². The molecular weight excluding hydrogens is 382 g/mol. The van der Waals surface area contributed by atoms with E-state index < -0.39 is 10.8 Å². The number of carbonyl (C=O) groups is 1. The molecule has 1 aliphatic heterocycles. The molecule has 0 spiro atoms. The van der Waals surface area contributed by atoms with Crippen molar-refractivity contribution in [1.82, 2.24) is 0 Å². The van der Waals surface area contributed by atoms with E-state index in [1.807, 2.05) is 30.3 Å². The number of amides is 1. The number of anilines is 1. The summed E-state index contributed by atoms with van der Waals surface area (Å²) in [5, 5.41) is 3.22. The molecule has 3 rings (SSSR count). The smallest absolute Gasteiger partial charge is 0.224 e. The van der Waals surface area contributed by atoms with E-state index in [0.29, 0.717) is 31.3 Å². The van der Waals surface area contributed by atoms with E-state index in [-0.39, 0.29) is 11.2 Å². The number of nitrogens with one attached hydrogen (secondary N) is 1. The molecule has 0 saturated carbocycles. The molecule has 1 saturated heterocycles. The molecule has 2 unspecified atom stereocenters. The first kappa shape index (κ1) is 21.7. The third-order valence-corrected chi connectivity index (χ3v) is 7.20. The largest absolute Gasteiger partial charge is 0.381 e. The molecule has 4 nitrogen and oxygen atoms in total. The molecule has 2 atom stereocenters. The molecule has 29 heavy (non-hydrogen) atoms. The molecule has 0 radical (unpaired) electrons. The number of ether oxygens (including phenoxy) is 1. The number of rotatable bonds is 9. The molecule has 2 aromatic rings. The van der Waals surface area contributed by atoms with Crippen LogP contribution in [0.25, 0.3) is 0 Å². The zero-order valence-electron chi connectivity index (χ0n) is 17.1. The highest BCUT2D eigenvalue weighted by molar-refractivity contribution is 7.84. The quantitative estimate of drug-likeness (QED) is 0.648. The Hall–Kier alpha value is -1.98. The first-order valence-electron chi connectivity index (χ1n) is 10.5. The monoisotopic (exact) mass is 413 g/mol. The summed E-state index contributed by atoms with van der Waals surface area (Å²) in [5.41, 5.74) is 3.10. The molecule has 1 amide bonds. The van der Waals surface area contributed by atoms with Gasteiger partial charge >= 0.3 is 0 Å². The standard InChI is InChI=1S/C24H31NO3S/c1-19(10-11-20-6-3-2-4-7-20)16-24(26)25-22-9-5-8-21(17-22)18-29(27)23-12-14-28-15-13-23/h2-9,17,19,23H,10-16,18H2,1H3,(H,25,26). The van der Waals surface area contributed by atoms with Crippen LogP contribution in [0.3, 0.4) is 0 Å². The highest BCUT2D eigenvalue weighted by Gasteiger charge is 2.20. The van der Waals surface area contributed by atoms with E-state index in [1.165, 1.54) is 5.56 Å². The molecule has 0 aromatic heterocycles. The van der Waals surface area contributed by atoms with E-state index in [1.54, 1.807) is 0 Å². The molecular formula is C24H31NO3S. The highest BCUT2D eigenvalue weighted by atomic mass is 32.2. The van der Waals surface area contributed by atoms with Gasteiger partial charge in [0.1, 0.15) is 0 Å². The molecule has 1 aliphatic rings. The Balaban J connectivity index is 1.46. The summed E-state index contributed by atoms with van der Waals surface area (Å²) < 4.78 is 18.0. The number of carbonyl (C=O) groups excluding carboxylic acids is 1. The van der Waals surface area contributed by atoms with Crippen molar-refractivity contribution < 1.29 is 13.7 Å². The zero-order chi connectivity index (χ0) is 20.5. The lowest BCUT2D eigenvalue weighted by molar-refractivity contribution is -0.117. The second kappa shape index (κ2) is 11.3. The summed E-state index contributed by atoms with van der Waals surface area (Å²) >= 11 is 0. The number of hydrogen-bond donors (Lipinski definition) is 1. The van der Waals surface area contributed by atoms with E-state index in [2.05, 4.69) is 36.5 Å². The minimum atomic E-state index is -0.901. The van der Waals surface area contributed by atoms with Crippen LogP contribution in [0.5, 0.6) is 0 Å². The average molecular weight is 414 g/mol. The second-order valence-corrected chi connectivity index (χ2v) is 9.64. The molecule has 5 heteroatoms. The van der Waals surface area contributed by atoms with Crippen molar-refractivity contribution in [2.75, 3.05) is 18.5 Å². The van der Waals surface area contributed by atoms with Crippen LogP contribution in [0.2, 0.25) is 0 Å². The molecule has 1 fully saturated rings. The van der Waals surface area contributed by atoms with Crippen molar-refractivity contribution >= 4 is 22.4 Å². The van der Waals surface area contributed by atoms with Gasteiger partial charge in [0.2, 0.25) is 5.91 Å². The minimum absolute atomic E-state index is 0.0354. The Kier molecular flexibility index (Phi) is 8.44. The maximum Gasteiger partial charge on any atom is 0.224 e. The summed E-state index contributed by atoms with van der Waals surface area (Å²) in [5.74, 6) is 0.884. The SMILES string of the molecule is CC(CCc1ccccc1)CC(=O)Nc1cccc(CS(=O)C2CCOCC2)c1. The van der Waals surface area contributed by atoms with Gasteiger partial charge in [-0.3, -0.25) is 9.00 Å². The van der Waals surface area contributed by atoms with E-state index in [0.717, 1.165) is 36.9 Å². The third-order valence-electron chi connectivity index (χ3n) is 5.36. The van der Waals surface area contributed by atoms with Crippen LogP contribution < -0.4 is 5.32 Å². The van der Waals surface area contributed by atoms with Crippen molar-refractivity contribution in [3.8, 4) is 0 Å². The van der Waals surface area contributed by atoms with Gasteiger partial charge in [0, 0.05) is 47.1 Å².